The van der Waals surface area contributed by atoms with Crippen molar-refractivity contribution in [3.05, 3.63) is 97.1 Å². The molecule has 0 saturated carbocycles. The maximum absolute atomic E-state index is 12.6. The number of nitro benzene ring substituents is 1. The molecule has 3 aromatic rings. The molecule has 0 aromatic heterocycles. The first-order valence-corrected chi connectivity index (χ1v) is 15.2. The van der Waals surface area contributed by atoms with Crippen LogP contribution in [-0.2, 0) is 20.9 Å². The van der Waals surface area contributed by atoms with Gasteiger partial charge < -0.3 is 34.3 Å². The summed E-state index contributed by atoms with van der Waals surface area (Å²) in [6.07, 6.45) is 1.37. The van der Waals surface area contributed by atoms with Gasteiger partial charge in [-0.25, -0.2) is 15.0 Å². The topological polar surface area (TPSA) is 189 Å². The number of carbonyl (C=O) groups is 3. The summed E-state index contributed by atoms with van der Waals surface area (Å²) < 4.78 is 28.4. The molecule has 1 aliphatic heterocycles. The van der Waals surface area contributed by atoms with E-state index in [-0.39, 0.29) is 36.0 Å². The zero-order valence-electron chi connectivity index (χ0n) is 26.3. The highest BCUT2D eigenvalue weighted by atomic mass is 79.9. The molecule has 3 N–H and O–H groups in total. The monoisotopic (exact) mass is 725 g/mol. The van der Waals surface area contributed by atoms with E-state index >= 15 is 0 Å². The molecular formula is C32H32BrN5O10. The van der Waals surface area contributed by atoms with Gasteiger partial charge >= 0.3 is 12.0 Å². The number of ether oxygens (including phenoxy) is 5. The largest absolute Gasteiger partial charge is 0.493 e. The van der Waals surface area contributed by atoms with Crippen molar-refractivity contribution in [1.29, 1.82) is 0 Å². The molecule has 1 atom stereocenters. The minimum Gasteiger partial charge on any atom is -0.493 e. The van der Waals surface area contributed by atoms with Crippen molar-refractivity contribution in [3.8, 4) is 23.0 Å². The summed E-state index contributed by atoms with van der Waals surface area (Å²) in [4.78, 5) is 47.9. The molecule has 0 saturated heterocycles. The number of benzene rings is 3. The van der Waals surface area contributed by atoms with Gasteiger partial charge in [0.25, 0.3) is 11.6 Å². The Labute approximate surface area is 283 Å². The molecule has 0 unspecified atom stereocenters. The van der Waals surface area contributed by atoms with E-state index in [9.17, 15) is 24.5 Å². The van der Waals surface area contributed by atoms with Gasteiger partial charge in [0, 0.05) is 27.9 Å². The van der Waals surface area contributed by atoms with E-state index < -0.39 is 35.5 Å². The van der Waals surface area contributed by atoms with E-state index in [4.69, 9.17) is 23.7 Å². The van der Waals surface area contributed by atoms with Crippen LogP contribution < -0.4 is 35.0 Å². The molecule has 15 nitrogen and oxygen atoms in total. The molecule has 16 heteroatoms. The van der Waals surface area contributed by atoms with Gasteiger partial charge in [-0.3, -0.25) is 14.9 Å². The third-order valence-corrected chi connectivity index (χ3v) is 7.29. The Morgan fingerprint density at radius 3 is 2.44 bits per heavy atom. The number of carbonyl (C=O) groups excluding carboxylic acids is 3. The van der Waals surface area contributed by atoms with E-state index in [2.05, 4.69) is 37.1 Å². The van der Waals surface area contributed by atoms with Gasteiger partial charge in [0.1, 0.15) is 6.61 Å². The minimum atomic E-state index is -0.807. The number of amides is 3. The summed E-state index contributed by atoms with van der Waals surface area (Å²) >= 11 is 3.41. The smallest absolute Gasteiger partial charge is 0.338 e. The molecule has 3 aromatic carbocycles. The highest BCUT2D eigenvalue weighted by Gasteiger charge is 2.32. The third kappa shape index (κ3) is 8.79. The lowest BCUT2D eigenvalue weighted by Crippen LogP contribution is -2.45. The second-order valence-corrected chi connectivity index (χ2v) is 10.9. The maximum atomic E-state index is 12.6. The van der Waals surface area contributed by atoms with Crippen LogP contribution >= 0.6 is 15.9 Å². The van der Waals surface area contributed by atoms with Gasteiger partial charge in [-0.05, 0) is 61.4 Å². The van der Waals surface area contributed by atoms with Crippen molar-refractivity contribution in [1.82, 2.24) is 16.1 Å². The second-order valence-electron chi connectivity index (χ2n) is 10.0. The Hall–Kier alpha value is -5.64. The van der Waals surface area contributed by atoms with Crippen LogP contribution in [0.3, 0.4) is 0 Å². The number of allylic oxidation sites excluding steroid dienone is 1. The Kier molecular flexibility index (Phi) is 11.9. The van der Waals surface area contributed by atoms with Gasteiger partial charge in [-0.15, -0.1) is 0 Å². The first kappa shape index (κ1) is 35.2. The Bertz CT molecular complexity index is 1760. The normalized spacial score (nSPS) is 14.1. The number of nitro groups is 1. The van der Waals surface area contributed by atoms with Crippen molar-refractivity contribution in [2.24, 2.45) is 5.10 Å². The summed E-state index contributed by atoms with van der Waals surface area (Å²) in [5.41, 5.74) is 4.65. The number of nitrogens with zero attached hydrogens (tertiary/aromatic N) is 2. The fourth-order valence-corrected chi connectivity index (χ4v) is 5.07. The highest BCUT2D eigenvalue weighted by Crippen LogP contribution is 2.36. The standard InChI is InChI=1S/C32H32BrN5O10/c1-5-46-31(40)28-18(2)35-32(41)36-29(28)20-8-11-24(25(13-20)44-3)47-17-27(39)37-34-15-21-12-22(33)14-26(45-4)30(21)48-16-19-6-9-23(10-7-19)38(42)43/h6-15,29H,5,16-17H2,1-4H3,(H,37,39)(H2,35,36,41)/b34-15+/t29-/m0/s1. The first-order valence-electron chi connectivity index (χ1n) is 14.4. The summed E-state index contributed by atoms with van der Waals surface area (Å²) in [5.74, 6) is 0.0578. The molecule has 0 fully saturated rings. The molecule has 1 aliphatic rings. The van der Waals surface area contributed by atoms with Crippen LogP contribution in [0, 0.1) is 10.1 Å². The lowest BCUT2D eigenvalue weighted by molar-refractivity contribution is -0.384. The van der Waals surface area contributed by atoms with Gasteiger partial charge in [0.05, 0.1) is 43.6 Å². The van der Waals surface area contributed by atoms with E-state index in [0.29, 0.717) is 38.4 Å². The van der Waals surface area contributed by atoms with E-state index in [1.54, 1.807) is 56.3 Å². The van der Waals surface area contributed by atoms with Crippen LogP contribution in [0.4, 0.5) is 10.5 Å². The van der Waals surface area contributed by atoms with Crippen LogP contribution in [0.15, 0.2) is 75.4 Å². The number of nitrogens with one attached hydrogen (secondary N) is 3. The van der Waals surface area contributed by atoms with Gasteiger partial charge in [0.2, 0.25) is 0 Å². The number of esters is 1. The van der Waals surface area contributed by atoms with Crippen molar-refractivity contribution in [2.45, 2.75) is 26.5 Å². The third-order valence-electron chi connectivity index (χ3n) is 6.84. The van der Waals surface area contributed by atoms with Crippen LogP contribution in [0.25, 0.3) is 0 Å². The Morgan fingerprint density at radius 2 is 1.77 bits per heavy atom. The number of hydrazone groups is 1. The lowest BCUT2D eigenvalue weighted by atomic mass is 9.95. The summed E-state index contributed by atoms with van der Waals surface area (Å²) in [5, 5.41) is 20.3. The van der Waals surface area contributed by atoms with Gasteiger partial charge in [-0.1, -0.05) is 22.0 Å². The fourth-order valence-electron chi connectivity index (χ4n) is 4.62. The molecule has 0 radical (unpaired) electrons. The predicted molar refractivity (Wildman–Crippen MR) is 176 cm³/mol. The van der Waals surface area contributed by atoms with Crippen molar-refractivity contribution in [2.75, 3.05) is 27.4 Å². The number of non-ortho nitro benzene ring substituents is 1. The molecule has 0 aliphatic carbocycles. The average Bonchev–Trinajstić information content (AvgIpc) is 3.06. The van der Waals surface area contributed by atoms with Crippen LogP contribution in [0.5, 0.6) is 23.0 Å². The van der Waals surface area contributed by atoms with E-state index in [1.807, 2.05) is 0 Å². The Morgan fingerprint density at radius 1 is 1.04 bits per heavy atom. The summed E-state index contributed by atoms with van der Waals surface area (Å²) in [7, 11) is 2.89. The maximum Gasteiger partial charge on any atom is 0.338 e. The zero-order valence-corrected chi connectivity index (χ0v) is 27.9. The van der Waals surface area contributed by atoms with Crippen LogP contribution in [0.1, 0.15) is 36.6 Å². The number of methoxy groups -OCH3 is 2. The zero-order chi connectivity index (χ0) is 34.8. The van der Waals surface area contributed by atoms with Crippen LogP contribution in [-0.4, -0.2) is 56.5 Å². The van der Waals surface area contributed by atoms with Crippen molar-refractivity contribution >= 4 is 45.7 Å². The van der Waals surface area contributed by atoms with E-state index in [1.165, 1.54) is 32.6 Å². The quantitative estimate of drug-likeness (QED) is 0.0911. The van der Waals surface area contributed by atoms with Gasteiger partial charge in [0.15, 0.2) is 29.6 Å². The number of hydrogen-bond donors (Lipinski definition) is 3. The lowest BCUT2D eigenvalue weighted by Gasteiger charge is -2.28. The Balaban J connectivity index is 1.42. The van der Waals surface area contributed by atoms with Crippen molar-refractivity contribution < 1.29 is 43.0 Å². The second kappa shape index (κ2) is 16.3. The summed E-state index contributed by atoms with van der Waals surface area (Å²) in [6.45, 7) is 3.12. The molecule has 3 amide bonds. The fraction of sp³-hybridized carbons (Fsp3) is 0.250. The van der Waals surface area contributed by atoms with Crippen LogP contribution in [0.2, 0.25) is 0 Å². The minimum absolute atomic E-state index is 0.0349. The highest BCUT2D eigenvalue weighted by molar-refractivity contribution is 9.10. The predicted octanol–water partition coefficient (Wildman–Crippen LogP) is 4.67. The molecule has 0 bridgehead atoms. The number of halogens is 1. The molecule has 1 heterocycles. The number of urea groups is 1. The molecule has 252 valence electrons. The van der Waals surface area contributed by atoms with E-state index in [0.717, 1.165) is 0 Å². The SMILES string of the molecule is CCOC(=O)C1=C(C)NC(=O)N[C@H]1c1ccc(OCC(=O)N/N=C/c2cc(Br)cc(OC)c2OCc2ccc([N+](=O)[O-])cc2)c(OC)c1. The number of hydrogen-bond acceptors (Lipinski definition) is 11. The molecular weight excluding hydrogens is 694 g/mol. The first-order chi connectivity index (χ1) is 23.0. The molecule has 0 spiro atoms. The average molecular weight is 727 g/mol. The summed E-state index contributed by atoms with van der Waals surface area (Å²) in [6, 6.07) is 12.8. The number of rotatable bonds is 14. The molecule has 48 heavy (non-hydrogen) atoms. The molecule has 4 rings (SSSR count). The van der Waals surface area contributed by atoms with Gasteiger partial charge in [-0.2, -0.15) is 5.10 Å². The van der Waals surface area contributed by atoms with Crippen molar-refractivity contribution in [3.63, 3.8) is 0 Å².